The summed E-state index contributed by atoms with van der Waals surface area (Å²) in [6, 6.07) is 20.2. The molecule has 29 heavy (non-hydrogen) atoms. The van der Waals surface area contributed by atoms with Gasteiger partial charge in [0, 0.05) is 10.2 Å². The number of benzene rings is 2. The molecule has 0 bridgehead atoms. The maximum absolute atomic E-state index is 13.1. The third kappa shape index (κ3) is 3.52. The van der Waals surface area contributed by atoms with Crippen molar-refractivity contribution >= 4 is 55.0 Å². The first-order valence-corrected chi connectivity index (χ1v) is 11.6. The molecule has 0 amide bonds. The van der Waals surface area contributed by atoms with Gasteiger partial charge >= 0.3 is 0 Å². The minimum absolute atomic E-state index is 0.0248. The van der Waals surface area contributed by atoms with Gasteiger partial charge in [0.1, 0.15) is 4.70 Å². The molecule has 5 nitrogen and oxygen atoms in total. The highest BCUT2D eigenvalue weighted by Crippen LogP contribution is 2.27. The van der Waals surface area contributed by atoms with E-state index in [2.05, 4.69) is 38.3 Å². The summed E-state index contributed by atoms with van der Waals surface area (Å²) in [5, 5.41) is 11.5. The Hall–Kier alpha value is -2.42. The summed E-state index contributed by atoms with van der Waals surface area (Å²) in [5.41, 5.74) is 3.10. The van der Waals surface area contributed by atoms with Crippen molar-refractivity contribution in [3.8, 4) is 0 Å². The van der Waals surface area contributed by atoms with Crippen molar-refractivity contribution in [2.75, 3.05) is 0 Å². The highest BCUT2D eigenvalue weighted by molar-refractivity contribution is 9.10. The summed E-state index contributed by atoms with van der Waals surface area (Å²) < 4.78 is 5.49. The van der Waals surface area contributed by atoms with E-state index in [1.165, 1.54) is 16.9 Å². The fraction of sp³-hybridized carbons (Fsp3) is 0.0952. The highest BCUT2D eigenvalue weighted by Gasteiger charge is 2.18. The van der Waals surface area contributed by atoms with Crippen molar-refractivity contribution in [3.05, 3.63) is 92.0 Å². The van der Waals surface area contributed by atoms with Gasteiger partial charge in [-0.15, -0.1) is 21.5 Å². The van der Waals surface area contributed by atoms with Crippen LogP contribution in [-0.2, 0) is 12.3 Å². The topological polar surface area (TPSA) is 52.2 Å². The van der Waals surface area contributed by atoms with Gasteiger partial charge in [-0.2, -0.15) is 0 Å². The number of hydrogen-bond donors (Lipinski definition) is 0. The highest BCUT2D eigenvalue weighted by atomic mass is 79.9. The van der Waals surface area contributed by atoms with E-state index >= 15 is 0 Å². The zero-order chi connectivity index (χ0) is 19.8. The number of halogens is 1. The molecular formula is C21H15BrN4OS2. The van der Waals surface area contributed by atoms with Gasteiger partial charge in [0.2, 0.25) is 5.78 Å². The monoisotopic (exact) mass is 482 g/mol. The second-order valence-electron chi connectivity index (χ2n) is 6.54. The molecule has 0 aliphatic heterocycles. The minimum Gasteiger partial charge on any atom is -0.271 e. The molecule has 0 aliphatic rings. The van der Waals surface area contributed by atoms with E-state index in [9.17, 15) is 4.79 Å². The Kier molecular flexibility index (Phi) is 4.99. The van der Waals surface area contributed by atoms with Crippen LogP contribution >= 0.6 is 39.0 Å². The SMILES string of the molecule is O=c1c2sccc2n2c(SCc3ccc(Br)cc3)nnc2n1Cc1ccccc1. The average Bonchev–Trinajstić information content (AvgIpc) is 3.38. The standard InChI is InChI=1S/C21H15BrN4OS2/c22-16-8-6-15(7-9-16)13-29-21-24-23-20-25(12-14-4-2-1-3-5-14)19(27)18-17(26(20)21)10-11-28-18/h1-11H,12-13H2. The number of thioether (sulfide) groups is 1. The van der Waals surface area contributed by atoms with E-state index in [0.717, 1.165) is 31.2 Å². The molecule has 3 aromatic heterocycles. The molecular weight excluding hydrogens is 468 g/mol. The van der Waals surface area contributed by atoms with Crippen LogP contribution in [-0.4, -0.2) is 19.2 Å². The van der Waals surface area contributed by atoms with E-state index in [-0.39, 0.29) is 5.56 Å². The zero-order valence-corrected chi connectivity index (χ0v) is 18.4. The molecule has 3 heterocycles. The second-order valence-corrected chi connectivity index (χ2v) is 9.32. The Morgan fingerprint density at radius 1 is 0.966 bits per heavy atom. The molecule has 5 rings (SSSR count). The lowest BCUT2D eigenvalue weighted by Gasteiger charge is -2.09. The molecule has 5 aromatic rings. The van der Waals surface area contributed by atoms with Crippen molar-refractivity contribution in [1.29, 1.82) is 0 Å². The summed E-state index contributed by atoms with van der Waals surface area (Å²) in [7, 11) is 0. The lowest BCUT2D eigenvalue weighted by molar-refractivity contribution is 0.765. The fourth-order valence-electron chi connectivity index (χ4n) is 3.23. The predicted molar refractivity (Wildman–Crippen MR) is 122 cm³/mol. The molecule has 144 valence electrons. The van der Waals surface area contributed by atoms with Crippen molar-refractivity contribution in [3.63, 3.8) is 0 Å². The molecule has 8 heteroatoms. The van der Waals surface area contributed by atoms with E-state index in [4.69, 9.17) is 0 Å². The summed E-state index contributed by atoms with van der Waals surface area (Å²) >= 11 is 6.54. The maximum atomic E-state index is 13.1. The summed E-state index contributed by atoms with van der Waals surface area (Å²) in [5.74, 6) is 1.35. The molecule has 0 spiro atoms. The van der Waals surface area contributed by atoms with Crippen LogP contribution in [0.4, 0.5) is 0 Å². The van der Waals surface area contributed by atoms with Crippen molar-refractivity contribution in [1.82, 2.24) is 19.2 Å². The van der Waals surface area contributed by atoms with Crippen LogP contribution in [0.1, 0.15) is 11.1 Å². The first kappa shape index (κ1) is 18.6. The Bertz CT molecular complexity index is 1360. The third-order valence-corrected chi connectivity index (χ3v) is 7.07. The largest absolute Gasteiger partial charge is 0.273 e. The molecule has 2 aromatic carbocycles. The fourth-order valence-corrected chi connectivity index (χ4v) is 5.21. The number of nitrogens with zero attached hydrogens (tertiary/aromatic N) is 4. The number of thiophene rings is 1. The first-order chi connectivity index (χ1) is 14.2. The predicted octanol–water partition coefficient (Wildman–Crippen LogP) is 5.21. The van der Waals surface area contributed by atoms with Crippen LogP contribution in [0, 0.1) is 0 Å². The van der Waals surface area contributed by atoms with E-state index in [1.807, 2.05) is 58.3 Å². The van der Waals surface area contributed by atoms with Crippen LogP contribution in [0.15, 0.2) is 80.5 Å². The Balaban J connectivity index is 1.60. The van der Waals surface area contributed by atoms with Crippen molar-refractivity contribution in [2.45, 2.75) is 17.5 Å². The van der Waals surface area contributed by atoms with Gasteiger partial charge in [0.25, 0.3) is 5.56 Å². The minimum atomic E-state index is -0.0248. The number of aromatic nitrogens is 4. The lowest BCUT2D eigenvalue weighted by atomic mass is 10.2. The molecule has 0 saturated carbocycles. The normalized spacial score (nSPS) is 11.5. The molecule has 0 N–H and O–H groups in total. The van der Waals surface area contributed by atoms with Gasteiger partial charge in [0.05, 0.1) is 12.1 Å². The van der Waals surface area contributed by atoms with Gasteiger partial charge in [-0.3, -0.25) is 13.8 Å². The maximum Gasteiger partial charge on any atom is 0.273 e. The van der Waals surface area contributed by atoms with Crippen LogP contribution in [0.3, 0.4) is 0 Å². The van der Waals surface area contributed by atoms with Crippen LogP contribution in [0.5, 0.6) is 0 Å². The molecule has 0 saturated heterocycles. The number of rotatable bonds is 5. The molecule has 0 unspecified atom stereocenters. The number of hydrogen-bond acceptors (Lipinski definition) is 5. The summed E-state index contributed by atoms with van der Waals surface area (Å²) in [6.45, 7) is 0.465. The molecule has 0 atom stereocenters. The van der Waals surface area contributed by atoms with Crippen molar-refractivity contribution in [2.24, 2.45) is 0 Å². The number of fused-ring (bicyclic) bond motifs is 3. The average molecular weight is 483 g/mol. The Morgan fingerprint density at radius 2 is 1.76 bits per heavy atom. The van der Waals surface area contributed by atoms with Gasteiger partial charge in [-0.1, -0.05) is 70.2 Å². The quantitative estimate of drug-likeness (QED) is 0.322. The first-order valence-electron chi connectivity index (χ1n) is 8.97. The second kappa shape index (κ2) is 7.78. The van der Waals surface area contributed by atoms with Crippen LogP contribution in [0.2, 0.25) is 0 Å². The van der Waals surface area contributed by atoms with E-state index in [1.54, 1.807) is 16.3 Å². The van der Waals surface area contributed by atoms with E-state index < -0.39 is 0 Å². The van der Waals surface area contributed by atoms with E-state index in [0.29, 0.717) is 12.3 Å². The molecule has 0 radical (unpaired) electrons. The van der Waals surface area contributed by atoms with Crippen LogP contribution < -0.4 is 5.56 Å². The lowest BCUT2D eigenvalue weighted by Crippen LogP contribution is -2.23. The van der Waals surface area contributed by atoms with Gasteiger partial charge in [-0.25, -0.2) is 0 Å². The molecule has 0 fully saturated rings. The summed E-state index contributed by atoms with van der Waals surface area (Å²) in [4.78, 5) is 13.1. The Labute approximate surface area is 183 Å². The zero-order valence-electron chi connectivity index (χ0n) is 15.2. The van der Waals surface area contributed by atoms with Crippen molar-refractivity contribution < 1.29 is 0 Å². The van der Waals surface area contributed by atoms with Gasteiger partial charge in [0.15, 0.2) is 5.16 Å². The smallest absolute Gasteiger partial charge is 0.271 e. The van der Waals surface area contributed by atoms with Gasteiger partial charge in [-0.05, 0) is 34.7 Å². The van der Waals surface area contributed by atoms with Gasteiger partial charge < -0.3 is 0 Å². The molecule has 0 aliphatic carbocycles. The van der Waals surface area contributed by atoms with Crippen LogP contribution in [0.25, 0.3) is 16.0 Å². The summed E-state index contributed by atoms with van der Waals surface area (Å²) in [6.07, 6.45) is 0. The third-order valence-electron chi connectivity index (χ3n) is 4.65. The Morgan fingerprint density at radius 3 is 2.55 bits per heavy atom.